The summed E-state index contributed by atoms with van der Waals surface area (Å²) < 4.78 is 9.99. The predicted octanol–water partition coefficient (Wildman–Crippen LogP) is 5.95. The van der Waals surface area contributed by atoms with Crippen molar-refractivity contribution in [3.8, 4) is 0 Å². The standard InChI is InChI=1S/C27H44O6/c1-8-17(2)11-18(3)12-19(4)13-20(5)14-21(6)15-23(25(28)29)16-22(7)26(30)33-24-9-10-32-27(24)31/h14-15,17-20,22,24H,8-13,16H2,1-7H3,(H,28,29)/b21-14+,23-15-/t17?,18?,19?,20?,22?,24-/m0/s1. The van der Waals surface area contributed by atoms with Crippen molar-refractivity contribution in [3.63, 3.8) is 0 Å². The van der Waals surface area contributed by atoms with Crippen LogP contribution in [-0.2, 0) is 23.9 Å². The summed E-state index contributed by atoms with van der Waals surface area (Å²) in [5.41, 5.74) is 1.03. The molecule has 33 heavy (non-hydrogen) atoms. The molecule has 0 aromatic rings. The van der Waals surface area contributed by atoms with Crippen LogP contribution in [-0.4, -0.2) is 35.7 Å². The van der Waals surface area contributed by atoms with Gasteiger partial charge in [-0.1, -0.05) is 59.6 Å². The number of ether oxygens (including phenoxy) is 2. The van der Waals surface area contributed by atoms with E-state index in [9.17, 15) is 19.5 Å². The van der Waals surface area contributed by atoms with Gasteiger partial charge in [0.15, 0.2) is 0 Å². The van der Waals surface area contributed by atoms with Gasteiger partial charge in [-0.3, -0.25) is 4.79 Å². The van der Waals surface area contributed by atoms with Gasteiger partial charge in [0.2, 0.25) is 6.10 Å². The Morgan fingerprint density at radius 2 is 1.70 bits per heavy atom. The third-order valence-corrected chi connectivity index (χ3v) is 6.38. The van der Waals surface area contributed by atoms with E-state index in [1.807, 2.05) is 6.92 Å². The smallest absolute Gasteiger partial charge is 0.347 e. The average Bonchev–Trinajstić information content (AvgIpc) is 3.10. The van der Waals surface area contributed by atoms with Gasteiger partial charge in [0.1, 0.15) is 0 Å². The van der Waals surface area contributed by atoms with E-state index in [1.165, 1.54) is 19.3 Å². The van der Waals surface area contributed by atoms with Gasteiger partial charge in [0.05, 0.1) is 12.5 Å². The molecule has 0 radical (unpaired) electrons. The molecule has 1 N–H and O–H groups in total. The zero-order valence-electron chi connectivity index (χ0n) is 21.6. The van der Waals surface area contributed by atoms with E-state index in [4.69, 9.17) is 9.47 Å². The molecular weight excluding hydrogens is 420 g/mol. The number of carbonyl (C=O) groups is 3. The number of hydrogen-bond donors (Lipinski definition) is 1. The van der Waals surface area contributed by atoms with Crippen LogP contribution < -0.4 is 0 Å². The van der Waals surface area contributed by atoms with Crippen molar-refractivity contribution >= 4 is 17.9 Å². The normalized spacial score (nSPS) is 21.7. The Bertz CT molecular complexity index is 722. The molecule has 1 rings (SSSR count). The van der Waals surface area contributed by atoms with Crippen molar-refractivity contribution in [2.45, 2.75) is 93.1 Å². The van der Waals surface area contributed by atoms with Gasteiger partial charge in [-0.05, 0) is 62.4 Å². The van der Waals surface area contributed by atoms with Crippen molar-refractivity contribution in [3.05, 3.63) is 23.3 Å². The highest BCUT2D eigenvalue weighted by molar-refractivity contribution is 5.88. The third-order valence-electron chi connectivity index (χ3n) is 6.38. The van der Waals surface area contributed by atoms with Crippen LogP contribution in [0.1, 0.15) is 87.0 Å². The summed E-state index contributed by atoms with van der Waals surface area (Å²) in [7, 11) is 0. The van der Waals surface area contributed by atoms with Crippen molar-refractivity contribution < 1.29 is 29.0 Å². The maximum atomic E-state index is 12.3. The zero-order chi connectivity index (χ0) is 25.1. The molecule has 0 spiro atoms. The zero-order valence-corrected chi connectivity index (χ0v) is 21.6. The first-order valence-electron chi connectivity index (χ1n) is 12.4. The van der Waals surface area contributed by atoms with Crippen LogP contribution >= 0.6 is 0 Å². The number of cyclic esters (lactones) is 1. The Hall–Kier alpha value is -2.11. The first-order valence-corrected chi connectivity index (χ1v) is 12.4. The number of allylic oxidation sites excluding steroid dienone is 3. The number of carboxylic acid groups (broad SMARTS) is 1. The van der Waals surface area contributed by atoms with Gasteiger partial charge < -0.3 is 14.6 Å². The lowest BCUT2D eigenvalue weighted by Gasteiger charge is -2.21. The summed E-state index contributed by atoms with van der Waals surface area (Å²) in [5, 5.41) is 9.63. The van der Waals surface area contributed by atoms with Crippen molar-refractivity contribution in [1.82, 2.24) is 0 Å². The number of hydrogen-bond acceptors (Lipinski definition) is 5. The lowest BCUT2D eigenvalue weighted by molar-refractivity contribution is -0.162. The molecule has 6 heteroatoms. The highest BCUT2D eigenvalue weighted by Crippen LogP contribution is 2.26. The minimum Gasteiger partial charge on any atom is -0.478 e. The summed E-state index contributed by atoms with van der Waals surface area (Å²) in [6.07, 6.45) is 7.99. The average molecular weight is 465 g/mol. The monoisotopic (exact) mass is 464 g/mol. The van der Waals surface area contributed by atoms with E-state index in [0.29, 0.717) is 24.2 Å². The fraction of sp³-hybridized carbons (Fsp3) is 0.741. The van der Waals surface area contributed by atoms with E-state index >= 15 is 0 Å². The Morgan fingerprint density at radius 1 is 1.09 bits per heavy atom. The van der Waals surface area contributed by atoms with Gasteiger partial charge in [-0.15, -0.1) is 0 Å². The molecule has 6 atom stereocenters. The maximum Gasteiger partial charge on any atom is 0.347 e. The molecule has 5 unspecified atom stereocenters. The van der Waals surface area contributed by atoms with Crippen molar-refractivity contribution in [2.75, 3.05) is 6.61 Å². The van der Waals surface area contributed by atoms with Crippen LogP contribution in [0.25, 0.3) is 0 Å². The van der Waals surface area contributed by atoms with Gasteiger partial charge in [-0.25, -0.2) is 9.59 Å². The summed E-state index contributed by atoms with van der Waals surface area (Å²) >= 11 is 0. The van der Waals surface area contributed by atoms with Gasteiger partial charge in [0, 0.05) is 12.0 Å². The highest BCUT2D eigenvalue weighted by atomic mass is 16.6. The molecule has 0 bridgehead atoms. The second kappa shape index (κ2) is 14.2. The van der Waals surface area contributed by atoms with Crippen LogP contribution in [0.3, 0.4) is 0 Å². The van der Waals surface area contributed by atoms with Crippen LogP contribution in [0.2, 0.25) is 0 Å². The first-order chi connectivity index (χ1) is 15.4. The topological polar surface area (TPSA) is 89.9 Å². The highest BCUT2D eigenvalue weighted by Gasteiger charge is 2.32. The fourth-order valence-electron chi connectivity index (χ4n) is 4.67. The molecule has 0 aromatic carbocycles. The lowest BCUT2D eigenvalue weighted by atomic mass is 9.84. The molecule has 188 valence electrons. The lowest BCUT2D eigenvalue weighted by Crippen LogP contribution is -2.27. The third kappa shape index (κ3) is 11.0. The molecule has 0 saturated carbocycles. The number of carbonyl (C=O) groups excluding carboxylic acids is 2. The number of esters is 2. The number of aliphatic carboxylic acids is 1. The minimum absolute atomic E-state index is 0.0407. The van der Waals surface area contributed by atoms with Gasteiger partial charge >= 0.3 is 17.9 Å². The Labute approximate surface area is 199 Å². The molecular formula is C27H44O6. The molecule has 6 nitrogen and oxygen atoms in total. The molecule has 1 saturated heterocycles. The second-order valence-electron chi connectivity index (χ2n) is 10.3. The molecule has 0 amide bonds. The second-order valence-corrected chi connectivity index (χ2v) is 10.3. The first kappa shape index (κ1) is 28.9. The molecule has 0 aliphatic carbocycles. The number of rotatable bonds is 14. The largest absolute Gasteiger partial charge is 0.478 e. The van der Waals surface area contributed by atoms with E-state index in [2.05, 4.69) is 40.7 Å². The van der Waals surface area contributed by atoms with Crippen LogP contribution in [0.5, 0.6) is 0 Å². The fourth-order valence-corrected chi connectivity index (χ4v) is 4.67. The van der Waals surface area contributed by atoms with E-state index < -0.39 is 29.9 Å². The summed E-state index contributed by atoms with van der Waals surface area (Å²) in [4.78, 5) is 35.6. The number of carboxylic acids is 1. The van der Waals surface area contributed by atoms with Crippen LogP contribution in [0.15, 0.2) is 23.3 Å². The maximum absolute atomic E-state index is 12.3. The van der Waals surface area contributed by atoms with Crippen molar-refractivity contribution in [1.29, 1.82) is 0 Å². The van der Waals surface area contributed by atoms with E-state index in [0.717, 1.165) is 17.9 Å². The van der Waals surface area contributed by atoms with E-state index in [-0.39, 0.29) is 18.6 Å². The summed E-state index contributed by atoms with van der Waals surface area (Å²) in [6, 6.07) is 0. The van der Waals surface area contributed by atoms with Gasteiger partial charge in [-0.2, -0.15) is 0 Å². The van der Waals surface area contributed by atoms with Crippen LogP contribution in [0.4, 0.5) is 0 Å². The minimum atomic E-state index is -1.05. The summed E-state index contributed by atoms with van der Waals surface area (Å²) in [5.74, 6) is -0.445. The Kier molecular flexibility index (Phi) is 12.5. The van der Waals surface area contributed by atoms with Crippen LogP contribution in [0, 0.1) is 29.6 Å². The molecule has 1 fully saturated rings. The van der Waals surface area contributed by atoms with Crippen molar-refractivity contribution in [2.24, 2.45) is 29.6 Å². The Balaban J connectivity index is 2.66. The summed E-state index contributed by atoms with van der Waals surface area (Å²) in [6.45, 7) is 15.1. The molecule has 1 aliphatic heterocycles. The van der Waals surface area contributed by atoms with E-state index in [1.54, 1.807) is 13.0 Å². The predicted molar refractivity (Wildman–Crippen MR) is 130 cm³/mol. The Morgan fingerprint density at radius 3 is 2.24 bits per heavy atom. The van der Waals surface area contributed by atoms with Gasteiger partial charge in [0.25, 0.3) is 0 Å². The molecule has 1 heterocycles. The SMILES string of the molecule is CCC(C)CC(C)CC(C)CC(C)/C=C(C)/C=C(/CC(C)C(=O)O[C@H]1CCOC1=O)C(=O)O. The molecule has 0 aromatic heterocycles. The quantitative estimate of drug-likeness (QED) is 0.194. The molecule has 1 aliphatic rings.